The zero-order chi connectivity index (χ0) is 28.5. The number of fused-ring (bicyclic) bond motifs is 1. The molecule has 3 heterocycles. The van der Waals surface area contributed by atoms with Crippen molar-refractivity contribution in [2.24, 2.45) is 5.92 Å². The summed E-state index contributed by atoms with van der Waals surface area (Å²) in [6.45, 7) is 8.54. The van der Waals surface area contributed by atoms with E-state index in [9.17, 15) is 26.4 Å². The molecule has 1 amide bonds. The van der Waals surface area contributed by atoms with Crippen molar-refractivity contribution in [3.63, 3.8) is 0 Å². The quantitative estimate of drug-likeness (QED) is 0.405. The molecule has 7 nitrogen and oxygen atoms in total. The Morgan fingerprint density at radius 3 is 2.41 bits per heavy atom. The lowest BCUT2D eigenvalue weighted by molar-refractivity contribution is -0.137. The van der Waals surface area contributed by atoms with E-state index in [1.165, 1.54) is 24.5 Å². The van der Waals surface area contributed by atoms with E-state index in [0.29, 0.717) is 29.9 Å². The lowest BCUT2D eigenvalue weighted by Crippen LogP contribution is -2.26. The van der Waals surface area contributed by atoms with Gasteiger partial charge in [0.1, 0.15) is 0 Å². The smallest absolute Gasteiger partial charge is 0.346 e. The van der Waals surface area contributed by atoms with Gasteiger partial charge in [-0.25, -0.2) is 8.42 Å². The molecule has 0 saturated carbocycles. The number of carbonyl (C=O) groups excluding carboxylic acids is 1. The molecule has 11 heteroatoms. The summed E-state index contributed by atoms with van der Waals surface area (Å²) >= 11 is 0. The number of sulfone groups is 1. The van der Waals surface area contributed by atoms with E-state index < -0.39 is 21.6 Å². The predicted octanol–water partition coefficient (Wildman–Crippen LogP) is 5.24. The van der Waals surface area contributed by atoms with E-state index in [1.54, 1.807) is 26.0 Å². The number of amides is 1. The molecule has 1 N–H and O–H groups in total. The molecule has 4 rings (SSSR count). The van der Waals surface area contributed by atoms with Crippen LogP contribution in [0.1, 0.15) is 70.8 Å². The van der Waals surface area contributed by atoms with Crippen LogP contribution < -0.4 is 5.32 Å². The molecule has 0 saturated heterocycles. The van der Waals surface area contributed by atoms with Gasteiger partial charge in [-0.15, -0.1) is 0 Å². The number of carbonyl (C=O) groups is 1. The molecule has 0 bridgehead atoms. The van der Waals surface area contributed by atoms with E-state index in [0.717, 1.165) is 29.0 Å². The molecular formula is C28H31F3N4O3S. The Morgan fingerprint density at radius 2 is 1.82 bits per heavy atom. The van der Waals surface area contributed by atoms with Crippen LogP contribution in [0, 0.1) is 12.8 Å². The number of rotatable bonds is 8. The van der Waals surface area contributed by atoms with Gasteiger partial charge in [0.15, 0.2) is 9.84 Å². The van der Waals surface area contributed by atoms with Gasteiger partial charge in [-0.3, -0.25) is 19.7 Å². The highest BCUT2D eigenvalue weighted by Crippen LogP contribution is 2.39. The van der Waals surface area contributed by atoms with Crippen molar-refractivity contribution < 1.29 is 26.4 Å². The third-order valence-electron chi connectivity index (χ3n) is 6.93. The first-order chi connectivity index (χ1) is 18.3. The van der Waals surface area contributed by atoms with Crippen LogP contribution in [0.4, 0.5) is 13.2 Å². The summed E-state index contributed by atoms with van der Waals surface area (Å²) in [5, 5.41) is 2.83. The fourth-order valence-corrected chi connectivity index (χ4v) is 5.72. The van der Waals surface area contributed by atoms with Crippen LogP contribution in [0.15, 0.2) is 53.7 Å². The van der Waals surface area contributed by atoms with Gasteiger partial charge in [-0.1, -0.05) is 32.9 Å². The second kappa shape index (κ2) is 11.1. The summed E-state index contributed by atoms with van der Waals surface area (Å²) in [6.07, 6.45) is -1.54. The Balaban J connectivity index is 1.46. The summed E-state index contributed by atoms with van der Waals surface area (Å²) in [5.41, 5.74) is 3.46. The molecule has 1 aliphatic rings. The van der Waals surface area contributed by atoms with Crippen molar-refractivity contribution in [2.45, 2.75) is 64.4 Å². The van der Waals surface area contributed by atoms with E-state index in [2.05, 4.69) is 34.0 Å². The Kier molecular flexibility index (Phi) is 8.13. The van der Waals surface area contributed by atoms with Gasteiger partial charge in [-0.05, 0) is 53.8 Å². The SMILES string of the molecule is CCS(=O)(=O)c1cnc(CNC(=O)c2cnc3c(c2)CN(Cc2ccc(C(F)(F)F)cc2)[C@H]3C(C)C)c(C)c1. The number of nitrogens with one attached hydrogen (secondary N) is 1. The first kappa shape index (κ1) is 28.7. The molecule has 0 aliphatic carbocycles. The van der Waals surface area contributed by atoms with Crippen LogP contribution in [-0.2, 0) is 35.6 Å². The van der Waals surface area contributed by atoms with Crippen LogP contribution in [0.5, 0.6) is 0 Å². The molecule has 1 aliphatic heterocycles. The molecule has 0 radical (unpaired) electrons. The van der Waals surface area contributed by atoms with Gasteiger partial charge in [0.05, 0.1) is 45.7 Å². The number of halogens is 3. The molecule has 39 heavy (non-hydrogen) atoms. The highest BCUT2D eigenvalue weighted by atomic mass is 32.2. The van der Waals surface area contributed by atoms with Crippen LogP contribution in [0.3, 0.4) is 0 Å². The van der Waals surface area contributed by atoms with Gasteiger partial charge in [0.25, 0.3) is 5.91 Å². The number of pyridine rings is 2. The minimum absolute atomic E-state index is 0.0189. The fourth-order valence-electron chi connectivity index (χ4n) is 4.82. The first-order valence-electron chi connectivity index (χ1n) is 12.7. The summed E-state index contributed by atoms with van der Waals surface area (Å²) in [4.78, 5) is 24.1. The number of hydrogen-bond acceptors (Lipinski definition) is 6. The molecule has 2 aromatic heterocycles. The Labute approximate surface area is 226 Å². The summed E-state index contributed by atoms with van der Waals surface area (Å²) in [6, 6.07) is 8.50. The van der Waals surface area contributed by atoms with Gasteiger partial charge in [-0.2, -0.15) is 13.2 Å². The van der Waals surface area contributed by atoms with Gasteiger partial charge in [0, 0.05) is 25.5 Å². The number of alkyl halides is 3. The lowest BCUT2D eigenvalue weighted by Gasteiger charge is -2.27. The zero-order valence-corrected chi connectivity index (χ0v) is 23.0. The van der Waals surface area contributed by atoms with Gasteiger partial charge < -0.3 is 5.32 Å². The Hall–Kier alpha value is -3.31. The molecule has 0 spiro atoms. The van der Waals surface area contributed by atoms with Crippen LogP contribution >= 0.6 is 0 Å². The van der Waals surface area contributed by atoms with Gasteiger partial charge >= 0.3 is 6.18 Å². The van der Waals surface area contributed by atoms with Crippen molar-refractivity contribution in [1.29, 1.82) is 0 Å². The van der Waals surface area contributed by atoms with E-state index >= 15 is 0 Å². The van der Waals surface area contributed by atoms with E-state index in [4.69, 9.17) is 0 Å². The largest absolute Gasteiger partial charge is 0.416 e. The van der Waals surface area contributed by atoms with Crippen molar-refractivity contribution >= 4 is 15.7 Å². The maximum Gasteiger partial charge on any atom is 0.416 e. The van der Waals surface area contributed by atoms with Crippen molar-refractivity contribution in [3.8, 4) is 0 Å². The third-order valence-corrected chi connectivity index (χ3v) is 8.63. The maximum atomic E-state index is 12.9. The summed E-state index contributed by atoms with van der Waals surface area (Å²) in [5.74, 6) is -0.157. The molecule has 208 valence electrons. The number of hydrogen-bond donors (Lipinski definition) is 1. The van der Waals surface area contributed by atoms with Crippen molar-refractivity contribution in [3.05, 3.63) is 88.0 Å². The predicted molar refractivity (Wildman–Crippen MR) is 140 cm³/mol. The number of nitrogens with zero attached hydrogens (tertiary/aromatic N) is 3. The standard InChI is InChI=1S/C28H31F3N4O3S/c1-5-39(37,38)23-10-18(4)24(32-13-23)14-34-27(36)20-11-21-16-35(26(17(2)3)25(21)33-12-20)15-19-6-8-22(9-7-19)28(29,30)31/h6-13,17,26H,5,14-16H2,1-4H3,(H,34,36)/t26-/m0/s1. The number of aryl methyl sites for hydroxylation is 1. The average molecular weight is 561 g/mol. The topological polar surface area (TPSA) is 92.3 Å². The summed E-state index contributed by atoms with van der Waals surface area (Å²) in [7, 11) is -3.37. The van der Waals surface area contributed by atoms with Crippen molar-refractivity contribution in [1.82, 2.24) is 20.2 Å². The zero-order valence-electron chi connectivity index (χ0n) is 22.2. The minimum Gasteiger partial charge on any atom is -0.346 e. The van der Waals surface area contributed by atoms with Crippen molar-refractivity contribution in [2.75, 3.05) is 5.75 Å². The summed E-state index contributed by atoms with van der Waals surface area (Å²) < 4.78 is 63.0. The third kappa shape index (κ3) is 6.30. The van der Waals surface area contributed by atoms with Crippen LogP contribution in [0.25, 0.3) is 0 Å². The molecule has 1 aromatic carbocycles. The maximum absolute atomic E-state index is 12.9. The highest BCUT2D eigenvalue weighted by molar-refractivity contribution is 7.91. The monoisotopic (exact) mass is 560 g/mol. The lowest BCUT2D eigenvalue weighted by atomic mass is 9.99. The molecule has 0 fully saturated rings. The Bertz CT molecular complexity index is 1470. The number of aromatic nitrogens is 2. The second-order valence-corrected chi connectivity index (χ2v) is 12.4. The van der Waals surface area contributed by atoms with Gasteiger partial charge in [0.2, 0.25) is 0 Å². The normalized spacial score (nSPS) is 15.9. The molecule has 3 aromatic rings. The molecule has 0 unspecified atom stereocenters. The fraction of sp³-hybridized carbons (Fsp3) is 0.393. The van der Waals surface area contributed by atoms with E-state index in [1.807, 2.05) is 0 Å². The first-order valence-corrected chi connectivity index (χ1v) is 14.3. The molecule has 1 atom stereocenters. The van der Waals surface area contributed by atoms with E-state index in [-0.39, 0.29) is 35.1 Å². The molecular weight excluding hydrogens is 529 g/mol. The Morgan fingerprint density at radius 1 is 1.13 bits per heavy atom. The van der Waals surface area contributed by atoms with Crippen LogP contribution in [-0.4, -0.2) is 34.9 Å². The van der Waals surface area contributed by atoms with Crippen LogP contribution in [0.2, 0.25) is 0 Å². The number of benzene rings is 1. The second-order valence-electron chi connectivity index (χ2n) is 10.1. The average Bonchev–Trinajstić information content (AvgIpc) is 3.24. The minimum atomic E-state index is -4.38. The highest BCUT2D eigenvalue weighted by Gasteiger charge is 2.35.